The van der Waals surface area contributed by atoms with Gasteiger partial charge in [0, 0.05) is 60.7 Å². The first-order valence-corrected chi connectivity index (χ1v) is 37.7. The number of anilines is 6. The van der Waals surface area contributed by atoms with Gasteiger partial charge in [-0.1, -0.05) is 30.3 Å². The Balaban J connectivity index is 0.000000350. The zero-order valence-electron chi connectivity index (χ0n) is 72.9. The lowest BCUT2D eigenvalue weighted by Gasteiger charge is -2.42. The van der Waals surface area contributed by atoms with Crippen LogP contribution < -0.4 is 48.2 Å². The smallest absolute Gasteiger partial charge is 0.257 e. The van der Waals surface area contributed by atoms with Gasteiger partial charge in [0.15, 0.2) is 5.82 Å². The molecule has 0 saturated heterocycles. The molecule has 10 aromatic rings. The fourth-order valence-electron chi connectivity index (χ4n) is 13.3. The van der Waals surface area contributed by atoms with E-state index in [-0.39, 0.29) is 37.1 Å². The number of fused-ring (bicyclic) bond motifs is 9. The molecular weight excluding hydrogens is 1360 g/mol. The molecule has 0 atom stereocenters. The SMILES string of the molecule is C[N+](C)(C)CCCOc1nn2c3c(ccc2c1N)CCC3.C[N+](C)(C)CCCc1nn2c3c(ccc2c1N)CCC3.Cc1ccc2c(N)c(NCCC[N+](C)(C)C)nn2c1C.Cc1ccc2c(N)c(OCCC[N+](C)(C)C)nn2c1C.Cc1ccc2c(N)c(OCC[N+](C)(C(C)C)C(C)C)nn2c1C.[CH3-].[CH3-].[CH3-].[CH3-].[CH3-]. The number of ether oxygens (including phenoxy) is 3. The quantitative estimate of drug-likeness (QED) is 0.0177. The molecule has 10 aromatic heterocycles. The summed E-state index contributed by atoms with van der Waals surface area (Å²) in [6.07, 6.45) is 12.1. The zero-order valence-corrected chi connectivity index (χ0v) is 72.9. The average molecular weight is 1510 g/mol. The Morgan fingerprint density at radius 3 is 1.11 bits per heavy atom. The van der Waals surface area contributed by atoms with Crippen LogP contribution in [0.4, 0.5) is 34.3 Å². The number of hydrogen-bond acceptors (Lipinski definition) is 14. The lowest BCUT2D eigenvalue weighted by molar-refractivity contribution is -0.949. The molecule has 24 nitrogen and oxygen atoms in total. The Morgan fingerprint density at radius 2 is 0.706 bits per heavy atom. The van der Waals surface area contributed by atoms with Crippen molar-refractivity contribution in [3.05, 3.63) is 160 Å². The Morgan fingerprint density at radius 1 is 0.376 bits per heavy atom. The molecule has 24 heteroatoms. The fraction of sp³-hybridized carbons (Fsp3) is 0.529. The van der Waals surface area contributed by atoms with Crippen LogP contribution in [0.15, 0.2) is 60.7 Å². The van der Waals surface area contributed by atoms with Gasteiger partial charge in [0.1, 0.15) is 35.9 Å². The Labute approximate surface area is 657 Å². The van der Waals surface area contributed by atoms with Crippen molar-refractivity contribution >= 4 is 61.8 Å². The monoisotopic (exact) mass is 1510 g/mol. The van der Waals surface area contributed by atoms with E-state index in [1.165, 1.54) is 58.5 Å². The molecule has 12 rings (SSSR count). The molecule has 109 heavy (non-hydrogen) atoms. The number of pyridine rings is 5. The third-order valence-corrected chi connectivity index (χ3v) is 20.9. The molecule has 0 spiro atoms. The zero-order chi connectivity index (χ0) is 76.6. The minimum atomic E-state index is 0. The van der Waals surface area contributed by atoms with E-state index in [0.29, 0.717) is 66.6 Å². The van der Waals surface area contributed by atoms with Crippen molar-refractivity contribution < 1.29 is 36.6 Å². The highest BCUT2D eigenvalue weighted by Crippen LogP contribution is 2.34. The summed E-state index contributed by atoms with van der Waals surface area (Å²) in [5, 5.41) is 26.3. The van der Waals surface area contributed by atoms with Gasteiger partial charge >= 0.3 is 0 Å². The van der Waals surface area contributed by atoms with Gasteiger partial charge < -0.3 is 108 Å². The maximum absolute atomic E-state index is 6.29. The lowest BCUT2D eigenvalue weighted by atomic mass is 10.1. The predicted octanol–water partition coefficient (Wildman–Crippen LogP) is 13.4. The number of nitrogens with zero attached hydrogens (tertiary/aromatic N) is 15. The highest BCUT2D eigenvalue weighted by atomic mass is 16.5. The van der Waals surface area contributed by atoms with E-state index in [0.717, 1.165) is 181 Å². The molecule has 2 aliphatic rings. The molecule has 10 heterocycles. The van der Waals surface area contributed by atoms with Gasteiger partial charge in [0.05, 0.1) is 182 Å². The van der Waals surface area contributed by atoms with Crippen LogP contribution in [0, 0.1) is 78.7 Å². The van der Waals surface area contributed by atoms with E-state index < -0.39 is 0 Å². The minimum Gasteiger partial charge on any atom is -0.475 e. The van der Waals surface area contributed by atoms with Crippen LogP contribution in [-0.4, -0.2) is 233 Å². The number of aromatic nitrogens is 10. The van der Waals surface area contributed by atoms with Gasteiger partial charge in [-0.2, -0.15) is 5.10 Å². The number of hydrogen-bond donors (Lipinski definition) is 6. The summed E-state index contributed by atoms with van der Waals surface area (Å²) in [7, 11) is 28.6. The second-order valence-corrected chi connectivity index (χ2v) is 33.8. The minimum absolute atomic E-state index is 0. The first kappa shape index (κ1) is 94.7. The van der Waals surface area contributed by atoms with E-state index >= 15 is 0 Å². The van der Waals surface area contributed by atoms with Gasteiger partial charge in [0.2, 0.25) is 0 Å². The number of likely N-dealkylation sites (N-methyl/N-ethyl adjacent to an activating group) is 1. The molecule has 0 fully saturated rings. The van der Waals surface area contributed by atoms with Gasteiger partial charge in [0.25, 0.3) is 17.6 Å². The molecular formula is C85H147N21O3. The highest BCUT2D eigenvalue weighted by Gasteiger charge is 2.30. The molecule has 0 radical (unpaired) electrons. The number of nitrogens with two attached hydrogens (primary N) is 5. The van der Waals surface area contributed by atoms with Gasteiger partial charge in [-0.15, -0.1) is 20.4 Å². The van der Waals surface area contributed by atoms with Crippen molar-refractivity contribution in [3.63, 3.8) is 0 Å². The Bertz CT molecular complexity index is 4400. The van der Waals surface area contributed by atoms with Crippen LogP contribution in [0.3, 0.4) is 0 Å². The first-order valence-electron chi connectivity index (χ1n) is 37.7. The average Bonchev–Trinajstić information content (AvgIpc) is 1.66. The van der Waals surface area contributed by atoms with E-state index in [1.807, 2.05) is 50.1 Å². The van der Waals surface area contributed by atoms with Crippen molar-refractivity contribution in [2.45, 2.75) is 152 Å². The number of quaternary nitrogens is 5. The maximum Gasteiger partial charge on any atom is 0.257 e. The van der Waals surface area contributed by atoms with Crippen molar-refractivity contribution in [1.82, 2.24) is 48.1 Å². The number of aryl methyl sites for hydroxylation is 11. The normalized spacial score (nSPS) is 12.6. The molecule has 0 saturated carbocycles. The second-order valence-electron chi connectivity index (χ2n) is 33.8. The van der Waals surface area contributed by atoms with E-state index in [9.17, 15) is 0 Å². The van der Waals surface area contributed by atoms with Crippen LogP contribution in [-0.2, 0) is 32.1 Å². The lowest BCUT2D eigenvalue weighted by Crippen LogP contribution is -2.56. The Kier molecular flexibility index (Phi) is 34.2. The summed E-state index contributed by atoms with van der Waals surface area (Å²) in [6, 6.07) is 21.9. The van der Waals surface area contributed by atoms with Crippen LogP contribution in [0.5, 0.6) is 17.6 Å². The first-order chi connectivity index (χ1) is 48.7. The largest absolute Gasteiger partial charge is 0.475 e. The number of rotatable bonds is 25. The summed E-state index contributed by atoms with van der Waals surface area (Å²) in [6.45, 7) is 29.5. The molecule has 0 bridgehead atoms. The summed E-state index contributed by atoms with van der Waals surface area (Å²) >= 11 is 0. The molecule has 0 aromatic carbocycles. The Hall–Kier alpha value is -8.55. The summed E-state index contributed by atoms with van der Waals surface area (Å²) < 4.78 is 32.0. The van der Waals surface area contributed by atoms with Crippen LogP contribution in [0.2, 0.25) is 0 Å². The number of nitrogens with one attached hydrogen (secondary N) is 1. The molecule has 0 aliphatic heterocycles. The highest BCUT2D eigenvalue weighted by molar-refractivity contribution is 5.81. The maximum atomic E-state index is 6.29. The van der Waals surface area contributed by atoms with E-state index in [4.69, 9.17) is 48.0 Å². The third-order valence-electron chi connectivity index (χ3n) is 20.9. The van der Waals surface area contributed by atoms with Gasteiger partial charge in [-0.3, -0.25) is 0 Å². The van der Waals surface area contributed by atoms with Crippen LogP contribution >= 0.6 is 0 Å². The topological polar surface area (TPSA) is 256 Å². The molecule has 2 aliphatic carbocycles. The summed E-state index contributed by atoms with van der Waals surface area (Å²) in [4.78, 5) is 0. The summed E-state index contributed by atoms with van der Waals surface area (Å²) in [5.74, 6) is 2.45. The molecule has 0 amide bonds. The second kappa shape index (κ2) is 39.4. The van der Waals surface area contributed by atoms with Crippen molar-refractivity contribution in [1.29, 1.82) is 0 Å². The fourth-order valence-corrected chi connectivity index (χ4v) is 13.3. The van der Waals surface area contributed by atoms with Crippen LogP contribution in [0.1, 0.15) is 128 Å². The van der Waals surface area contributed by atoms with E-state index in [2.05, 4.69) is 220 Å². The summed E-state index contributed by atoms with van der Waals surface area (Å²) in [5.41, 5.74) is 52.8. The molecule has 0 unspecified atom stereocenters. The van der Waals surface area contributed by atoms with Gasteiger partial charge in [-0.05, 0) is 172 Å². The predicted molar refractivity (Wildman–Crippen MR) is 463 cm³/mol. The van der Waals surface area contributed by atoms with Gasteiger partial charge in [-0.25, -0.2) is 22.6 Å². The van der Waals surface area contributed by atoms with Crippen molar-refractivity contribution in [2.75, 3.05) is 185 Å². The molecule has 11 N–H and O–H groups in total. The number of nitrogen functional groups attached to an aromatic ring is 5. The van der Waals surface area contributed by atoms with E-state index in [1.54, 1.807) is 0 Å². The van der Waals surface area contributed by atoms with Crippen molar-refractivity contribution in [2.24, 2.45) is 0 Å². The third kappa shape index (κ3) is 24.0. The molecule has 610 valence electrons. The van der Waals surface area contributed by atoms with Crippen molar-refractivity contribution in [3.8, 4) is 17.6 Å². The van der Waals surface area contributed by atoms with Crippen LogP contribution in [0.25, 0.3) is 27.6 Å². The standard InChI is InChI=1S/C18H31N4O.C16H25N4O.C16H25N4.C15H26N5.C15H25N4O.5CH3/c1-12(2)22(7,13(3)4)10-11-23-18-17(19)16-9-8-14(5)15(6)21(16)20-18;1-20(2,3)10-5-11-21-16-15(17)14-9-8-12-6-4-7-13(12)19(14)18-16;1-20(2,3)11-5-7-13-16(17)15-10-9-12-6-4-8-14(12)19(15)18-13;1-11-7-8-13-14(16)15(18-19(13)12(11)2)17-9-6-10-20(3,4)5;1-11-7-8-13-14(16)15(17-18(13)12(11)2)20-10-6-9-19(3,4)5;;;;;/h8-9,12-13H,10-11,19H2,1-7H3;8-9H,4-7,10-11,17H2,1-3H3;9-10H,4-8,11,17H2,1-3H3;7-8H,6,9-10,16H2,1-5H3,(H,17,18);7-8H,6,9-10,16H2,1-5H3;5*1H3/q5*+1;5*-1.